The van der Waals surface area contributed by atoms with E-state index < -0.39 is 5.97 Å². The van der Waals surface area contributed by atoms with Crippen molar-refractivity contribution >= 4 is 39.2 Å². The van der Waals surface area contributed by atoms with Crippen LogP contribution < -0.4 is 10.3 Å². The highest BCUT2D eigenvalue weighted by Crippen LogP contribution is 2.20. The van der Waals surface area contributed by atoms with Gasteiger partial charge >= 0.3 is 5.97 Å². The highest BCUT2D eigenvalue weighted by atomic mass is 32.1. The summed E-state index contributed by atoms with van der Waals surface area (Å²) in [6.45, 7) is 1.49. The predicted octanol–water partition coefficient (Wildman–Crippen LogP) is 3.01. The van der Waals surface area contributed by atoms with E-state index >= 15 is 0 Å². The van der Waals surface area contributed by atoms with Crippen LogP contribution in [0.1, 0.15) is 18.3 Å². The molecule has 0 bridgehead atoms. The molecule has 2 aromatic heterocycles. The molecule has 0 aliphatic rings. The summed E-state index contributed by atoms with van der Waals surface area (Å²) in [6.07, 6.45) is 1.89. The number of carboxylic acid groups (broad SMARTS) is 1. The summed E-state index contributed by atoms with van der Waals surface area (Å²) in [7, 11) is 0. The van der Waals surface area contributed by atoms with Crippen molar-refractivity contribution in [3.8, 4) is 5.75 Å². The maximum atomic E-state index is 12.0. The summed E-state index contributed by atoms with van der Waals surface area (Å²) in [6, 6.07) is 8.76. The van der Waals surface area contributed by atoms with Gasteiger partial charge in [0.15, 0.2) is 6.61 Å². The highest BCUT2D eigenvalue weighted by Gasteiger charge is 2.06. The molecule has 122 valence electrons. The van der Waals surface area contributed by atoms with Crippen molar-refractivity contribution in [3.05, 3.63) is 57.5 Å². The second kappa shape index (κ2) is 6.67. The van der Waals surface area contributed by atoms with Crippen LogP contribution in [0.2, 0.25) is 0 Å². The molecule has 24 heavy (non-hydrogen) atoms. The number of ether oxygens (including phenoxy) is 1. The van der Waals surface area contributed by atoms with Gasteiger partial charge in [0.2, 0.25) is 0 Å². The second-order valence-corrected chi connectivity index (χ2v) is 6.03. The quantitative estimate of drug-likeness (QED) is 0.743. The van der Waals surface area contributed by atoms with Crippen molar-refractivity contribution in [2.75, 3.05) is 6.61 Å². The van der Waals surface area contributed by atoms with Gasteiger partial charge in [-0.3, -0.25) is 4.79 Å². The van der Waals surface area contributed by atoms with Gasteiger partial charge in [-0.25, -0.2) is 9.78 Å². The number of thiophene rings is 1. The fourth-order valence-electron chi connectivity index (χ4n) is 2.18. The third kappa shape index (κ3) is 3.52. The number of hydrogen-bond acceptors (Lipinski definition) is 5. The second-order valence-electron chi connectivity index (χ2n) is 5.13. The molecule has 0 atom stereocenters. The first-order chi connectivity index (χ1) is 11.5. The average Bonchev–Trinajstić information content (AvgIpc) is 3.03. The third-order valence-electron chi connectivity index (χ3n) is 3.33. The first kappa shape index (κ1) is 15.9. The predicted molar refractivity (Wildman–Crippen MR) is 93.4 cm³/mol. The van der Waals surface area contributed by atoms with Crippen molar-refractivity contribution in [1.29, 1.82) is 0 Å². The number of fused-ring (bicyclic) bond motifs is 1. The smallest absolute Gasteiger partial charge is 0.341 e. The van der Waals surface area contributed by atoms with Crippen LogP contribution in [0.3, 0.4) is 0 Å². The largest absolute Gasteiger partial charge is 0.482 e. The van der Waals surface area contributed by atoms with E-state index in [-0.39, 0.29) is 12.2 Å². The van der Waals surface area contributed by atoms with Gasteiger partial charge in [0.25, 0.3) is 5.56 Å². The first-order valence-corrected chi connectivity index (χ1v) is 8.02. The molecular formula is C17H14N2O4S. The first-order valence-electron chi connectivity index (χ1n) is 7.14. The van der Waals surface area contributed by atoms with E-state index in [0.29, 0.717) is 21.8 Å². The fraction of sp³-hybridized carbons (Fsp3) is 0.118. The van der Waals surface area contributed by atoms with Crippen molar-refractivity contribution in [3.63, 3.8) is 0 Å². The lowest BCUT2D eigenvalue weighted by Gasteiger charge is -2.04. The lowest BCUT2D eigenvalue weighted by molar-refractivity contribution is -0.139. The number of aromatic amines is 1. The zero-order chi connectivity index (χ0) is 17.1. The van der Waals surface area contributed by atoms with Gasteiger partial charge in [-0.15, -0.1) is 11.3 Å². The standard InChI is InChI=1S/C17H14N2O4S/c1-10(15-18-16(22)13-6-7-24-17(13)19-15)8-11-2-4-12(5-3-11)23-9-14(20)21/h2-8H,9H2,1H3,(H,20,21)(H,18,19,22)/b10-8-. The summed E-state index contributed by atoms with van der Waals surface area (Å²) >= 11 is 1.43. The van der Waals surface area contributed by atoms with Crippen LogP contribution in [0.4, 0.5) is 0 Å². The summed E-state index contributed by atoms with van der Waals surface area (Å²) in [5.74, 6) is -0.00583. The SMILES string of the molecule is C/C(=C/c1ccc(OCC(=O)O)cc1)c1nc2sccc2c(=O)[nH]1. The lowest BCUT2D eigenvalue weighted by atomic mass is 10.1. The van der Waals surface area contributed by atoms with Crippen LogP contribution in [0.5, 0.6) is 5.75 Å². The summed E-state index contributed by atoms with van der Waals surface area (Å²) in [5.41, 5.74) is 1.56. The number of nitrogens with zero attached hydrogens (tertiary/aromatic N) is 1. The number of allylic oxidation sites excluding steroid dienone is 1. The number of carbonyl (C=O) groups is 1. The van der Waals surface area contributed by atoms with E-state index in [1.807, 2.05) is 30.5 Å². The Morgan fingerprint density at radius 2 is 2.08 bits per heavy atom. The molecule has 0 saturated heterocycles. The van der Waals surface area contributed by atoms with Crippen LogP contribution in [0.25, 0.3) is 21.9 Å². The van der Waals surface area contributed by atoms with Gasteiger partial charge in [-0.2, -0.15) is 0 Å². The normalized spacial score (nSPS) is 11.6. The van der Waals surface area contributed by atoms with Crippen LogP contribution >= 0.6 is 11.3 Å². The fourth-order valence-corrected chi connectivity index (χ4v) is 2.94. The number of nitrogens with one attached hydrogen (secondary N) is 1. The van der Waals surface area contributed by atoms with Crippen LogP contribution in [-0.4, -0.2) is 27.7 Å². The summed E-state index contributed by atoms with van der Waals surface area (Å²) in [5, 5.41) is 11.0. The molecule has 0 fully saturated rings. The van der Waals surface area contributed by atoms with E-state index in [9.17, 15) is 9.59 Å². The molecule has 0 aliphatic carbocycles. The number of carboxylic acids is 1. The van der Waals surface area contributed by atoms with E-state index in [4.69, 9.17) is 9.84 Å². The molecule has 0 unspecified atom stereocenters. The molecule has 3 rings (SSSR count). The molecule has 2 N–H and O–H groups in total. The van der Waals surface area contributed by atoms with Crippen LogP contribution in [0, 0.1) is 0 Å². The minimum Gasteiger partial charge on any atom is -0.482 e. The van der Waals surface area contributed by atoms with Gasteiger partial charge in [0.05, 0.1) is 5.39 Å². The lowest BCUT2D eigenvalue weighted by Crippen LogP contribution is -2.09. The molecule has 6 nitrogen and oxygen atoms in total. The van der Waals surface area contributed by atoms with Crippen molar-refractivity contribution in [2.45, 2.75) is 6.92 Å². The van der Waals surface area contributed by atoms with E-state index in [0.717, 1.165) is 11.1 Å². The van der Waals surface area contributed by atoms with Gasteiger partial charge in [-0.1, -0.05) is 12.1 Å². The number of benzene rings is 1. The highest BCUT2D eigenvalue weighted by molar-refractivity contribution is 7.16. The maximum absolute atomic E-state index is 12.0. The zero-order valence-electron chi connectivity index (χ0n) is 12.8. The van der Waals surface area contributed by atoms with E-state index in [1.54, 1.807) is 18.2 Å². The summed E-state index contributed by atoms with van der Waals surface area (Å²) < 4.78 is 5.09. The number of aliphatic carboxylic acids is 1. The van der Waals surface area contributed by atoms with Crippen molar-refractivity contribution < 1.29 is 14.6 Å². The molecule has 0 spiro atoms. The third-order valence-corrected chi connectivity index (χ3v) is 4.14. The Balaban J connectivity index is 1.84. The molecule has 0 radical (unpaired) electrons. The Bertz CT molecular complexity index is 970. The number of H-pyrrole nitrogens is 1. The topological polar surface area (TPSA) is 92.3 Å². The number of rotatable bonds is 5. The molecule has 0 saturated carbocycles. The number of aromatic nitrogens is 2. The van der Waals surface area contributed by atoms with Gasteiger partial charge in [-0.05, 0) is 47.7 Å². The molecular weight excluding hydrogens is 328 g/mol. The maximum Gasteiger partial charge on any atom is 0.341 e. The summed E-state index contributed by atoms with van der Waals surface area (Å²) in [4.78, 5) is 30.4. The zero-order valence-corrected chi connectivity index (χ0v) is 13.6. The molecule has 0 amide bonds. The Labute approximate surface area is 141 Å². The minimum atomic E-state index is -1.02. The van der Waals surface area contributed by atoms with Gasteiger partial charge < -0.3 is 14.8 Å². The molecule has 0 aliphatic heterocycles. The monoisotopic (exact) mass is 342 g/mol. The Morgan fingerprint density at radius 1 is 1.33 bits per heavy atom. The Hall–Kier alpha value is -2.93. The van der Waals surface area contributed by atoms with Gasteiger partial charge in [0.1, 0.15) is 16.4 Å². The molecule has 1 aromatic carbocycles. The molecule has 2 heterocycles. The van der Waals surface area contributed by atoms with Gasteiger partial charge in [0, 0.05) is 0 Å². The van der Waals surface area contributed by atoms with Crippen molar-refractivity contribution in [2.24, 2.45) is 0 Å². The average molecular weight is 342 g/mol. The molecule has 3 aromatic rings. The van der Waals surface area contributed by atoms with E-state index in [1.165, 1.54) is 11.3 Å². The Kier molecular flexibility index (Phi) is 4.43. The number of hydrogen-bond donors (Lipinski definition) is 2. The Morgan fingerprint density at radius 3 is 2.79 bits per heavy atom. The molecule has 7 heteroatoms. The van der Waals surface area contributed by atoms with Crippen molar-refractivity contribution in [1.82, 2.24) is 9.97 Å². The van der Waals surface area contributed by atoms with Crippen LogP contribution in [0.15, 0.2) is 40.5 Å². The van der Waals surface area contributed by atoms with E-state index in [2.05, 4.69) is 9.97 Å². The minimum absolute atomic E-state index is 0.151. The van der Waals surface area contributed by atoms with Crippen LogP contribution in [-0.2, 0) is 4.79 Å².